The van der Waals surface area contributed by atoms with Crippen molar-refractivity contribution in [3.8, 4) is 0 Å². The minimum Gasteiger partial charge on any atom is -0.358 e. The quantitative estimate of drug-likeness (QED) is 0.481. The Morgan fingerprint density at radius 3 is 2.65 bits per heavy atom. The van der Waals surface area contributed by atoms with Gasteiger partial charge in [-0.2, -0.15) is 0 Å². The van der Waals surface area contributed by atoms with Crippen molar-refractivity contribution in [2.24, 2.45) is 5.92 Å². The summed E-state index contributed by atoms with van der Waals surface area (Å²) in [4.78, 5) is 33.6. The summed E-state index contributed by atoms with van der Waals surface area (Å²) in [5.74, 6) is -0.435. The molecule has 34 heavy (non-hydrogen) atoms. The van der Waals surface area contributed by atoms with Gasteiger partial charge in [0.15, 0.2) is 0 Å². The second kappa shape index (κ2) is 9.42. The van der Waals surface area contributed by atoms with Gasteiger partial charge in [0.05, 0.1) is 11.8 Å². The molecule has 3 aliphatic rings. The van der Waals surface area contributed by atoms with E-state index in [0.29, 0.717) is 36.3 Å². The Bertz CT molecular complexity index is 1200. The number of hydrogen-bond acceptors (Lipinski definition) is 5. The van der Waals surface area contributed by atoms with E-state index in [9.17, 15) is 18.0 Å². The van der Waals surface area contributed by atoms with Crippen LogP contribution in [0.4, 0.5) is 0 Å². The number of aromatic amines is 1. The molecule has 9 nitrogen and oxygen atoms in total. The van der Waals surface area contributed by atoms with Gasteiger partial charge >= 0.3 is 0 Å². The Morgan fingerprint density at radius 1 is 1.24 bits per heavy atom. The maximum absolute atomic E-state index is 13.3. The highest BCUT2D eigenvalue weighted by atomic mass is 32.2. The molecular formula is C24H33N5O4S. The van der Waals surface area contributed by atoms with Crippen LogP contribution in [0.15, 0.2) is 29.1 Å². The lowest BCUT2D eigenvalue weighted by Gasteiger charge is -2.29. The molecule has 0 radical (unpaired) electrons. The van der Waals surface area contributed by atoms with Crippen molar-refractivity contribution in [2.45, 2.75) is 33.6 Å². The number of sulfonamides is 1. The zero-order chi connectivity index (χ0) is 24.6. The molecule has 4 rings (SSSR count). The summed E-state index contributed by atoms with van der Waals surface area (Å²) in [6.45, 7) is 10.3. The van der Waals surface area contributed by atoms with Crippen LogP contribution in [-0.2, 0) is 21.2 Å². The molecule has 0 aromatic carbocycles. The number of carbonyl (C=O) groups excluding carboxylic acids is 2. The zero-order valence-electron chi connectivity index (χ0n) is 20.2. The van der Waals surface area contributed by atoms with Crippen LogP contribution in [0, 0.1) is 12.8 Å². The second-order valence-corrected chi connectivity index (χ2v) is 10.8. The number of carbonyl (C=O) groups is 2. The third-order valence-corrected chi connectivity index (χ3v) is 7.49. The zero-order valence-corrected chi connectivity index (χ0v) is 21.0. The number of hydrogen-bond donors (Lipinski definition) is 3. The van der Waals surface area contributed by atoms with E-state index in [-0.39, 0.29) is 17.7 Å². The van der Waals surface area contributed by atoms with E-state index in [1.54, 1.807) is 12.2 Å². The van der Waals surface area contributed by atoms with E-state index in [0.717, 1.165) is 55.0 Å². The van der Waals surface area contributed by atoms with Gasteiger partial charge in [-0.15, -0.1) is 0 Å². The number of rotatable bonds is 8. The summed E-state index contributed by atoms with van der Waals surface area (Å²) < 4.78 is 25.8. The van der Waals surface area contributed by atoms with Gasteiger partial charge in [0.25, 0.3) is 11.8 Å². The fourth-order valence-electron chi connectivity index (χ4n) is 4.93. The lowest BCUT2D eigenvalue weighted by atomic mass is 9.90. The van der Waals surface area contributed by atoms with E-state index < -0.39 is 10.0 Å². The molecule has 3 heterocycles. The van der Waals surface area contributed by atoms with E-state index in [4.69, 9.17) is 0 Å². The third kappa shape index (κ3) is 4.83. The molecule has 1 aromatic rings. The summed E-state index contributed by atoms with van der Waals surface area (Å²) in [6, 6.07) is 0. The van der Waals surface area contributed by atoms with Crippen LogP contribution in [0.25, 0.3) is 6.08 Å². The average Bonchev–Trinajstić information content (AvgIpc) is 3.26. The lowest BCUT2D eigenvalue weighted by molar-refractivity contribution is -0.115. The summed E-state index contributed by atoms with van der Waals surface area (Å²) in [6.07, 6.45) is 7.46. The smallest absolute Gasteiger partial charge is 0.256 e. The van der Waals surface area contributed by atoms with Crippen LogP contribution >= 0.6 is 0 Å². The predicted molar refractivity (Wildman–Crippen MR) is 131 cm³/mol. The van der Waals surface area contributed by atoms with E-state index in [1.165, 1.54) is 0 Å². The molecular weight excluding hydrogens is 454 g/mol. The largest absolute Gasteiger partial charge is 0.358 e. The Balaban J connectivity index is 1.57. The Kier molecular flexibility index (Phi) is 6.73. The van der Waals surface area contributed by atoms with Crippen molar-refractivity contribution in [3.63, 3.8) is 0 Å². The standard InChI is InChI=1S/C24H33N5O4S/c1-5-28(6-2)11-12-29-10-9-20-22(24(29)31)15(3)21(25-20)14-18-17-13-16(27-34(4,32)33)7-8-19(17)26-23(18)30/h7-8,14,17,25,27H,5-6,9-13H2,1-4H3,(H,26,30). The third-order valence-electron chi connectivity index (χ3n) is 6.86. The molecule has 0 spiro atoms. The normalized spacial score (nSPS) is 21.4. The van der Waals surface area contributed by atoms with Gasteiger partial charge in [-0.25, -0.2) is 8.42 Å². The SMILES string of the molecule is CCN(CC)CCN1CCc2[nH]c(C=C3C(=O)NC4=CC=C(NS(C)(=O)=O)CC43)c(C)c2C1=O. The summed E-state index contributed by atoms with van der Waals surface area (Å²) in [5.41, 5.74) is 5.05. The number of likely N-dealkylation sites (N-methyl/N-ethyl adjacent to an activating group) is 1. The van der Waals surface area contributed by atoms with Gasteiger partial charge in [-0.05, 0) is 43.8 Å². The van der Waals surface area contributed by atoms with Crippen LogP contribution in [0.2, 0.25) is 0 Å². The molecule has 1 aliphatic carbocycles. The number of allylic oxidation sites excluding steroid dienone is 4. The van der Waals surface area contributed by atoms with Crippen molar-refractivity contribution in [1.29, 1.82) is 0 Å². The predicted octanol–water partition coefficient (Wildman–Crippen LogP) is 1.51. The molecule has 1 fully saturated rings. The summed E-state index contributed by atoms with van der Waals surface area (Å²) in [5, 5.41) is 2.88. The average molecular weight is 488 g/mol. The molecule has 10 heteroatoms. The maximum atomic E-state index is 13.3. The molecule has 0 saturated carbocycles. The molecule has 1 atom stereocenters. The Labute approximate surface area is 201 Å². The minimum absolute atomic E-state index is 0.0310. The second-order valence-electron chi connectivity index (χ2n) is 9.08. The Morgan fingerprint density at radius 2 is 1.97 bits per heavy atom. The van der Waals surface area contributed by atoms with Gasteiger partial charge in [0.1, 0.15) is 0 Å². The number of nitrogens with one attached hydrogen (secondary N) is 3. The fraction of sp³-hybridized carbons (Fsp3) is 0.500. The first kappa shape index (κ1) is 24.3. The number of amides is 2. The first-order chi connectivity index (χ1) is 16.1. The first-order valence-electron chi connectivity index (χ1n) is 11.8. The van der Waals surface area contributed by atoms with Gasteiger partial charge in [-0.1, -0.05) is 13.8 Å². The van der Waals surface area contributed by atoms with Crippen LogP contribution < -0.4 is 10.0 Å². The fourth-order valence-corrected chi connectivity index (χ4v) is 5.56. The van der Waals surface area contributed by atoms with E-state index >= 15 is 0 Å². The van der Waals surface area contributed by atoms with Crippen LogP contribution in [0.5, 0.6) is 0 Å². The van der Waals surface area contributed by atoms with Crippen molar-refractivity contribution in [1.82, 2.24) is 24.8 Å². The van der Waals surface area contributed by atoms with Crippen LogP contribution in [0.3, 0.4) is 0 Å². The van der Waals surface area contributed by atoms with Crippen molar-refractivity contribution >= 4 is 27.9 Å². The Hall–Kier alpha value is -2.85. The maximum Gasteiger partial charge on any atom is 0.256 e. The molecule has 184 valence electrons. The highest BCUT2D eigenvalue weighted by Gasteiger charge is 2.36. The van der Waals surface area contributed by atoms with Gasteiger partial charge in [-0.3, -0.25) is 14.3 Å². The summed E-state index contributed by atoms with van der Waals surface area (Å²) in [7, 11) is -3.40. The topological polar surface area (TPSA) is 115 Å². The van der Waals surface area contributed by atoms with E-state index in [2.05, 4.69) is 33.8 Å². The number of nitrogens with zero attached hydrogens (tertiary/aromatic N) is 2. The molecule has 2 aliphatic heterocycles. The molecule has 0 bridgehead atoms. The van der Waals surface area contributed by atoms with Crippen molar-refractivity contribution in [2.75, 3.05) is 39.0 Å². The molecule has 1 aromatic heterocycles. The first-order valence-corrected chi connectivity index (χ1v) is 13.6. The van der Waals surface area contributed by atoms with Crippen LogP contribution in [0.1, 0.15) is 47.6 Å². The van der Waals surface area contributed by atoms with Crippen LogP contribution in [-0.4, -0.2) is 74.0 Å². The van der Waals surface area contributed by atoms with Crippen molar-refractivity contribution < 1.29 is 18.0 Å². The molecule has 1 unspecified atom stereocenters. The van der Waals surface area contributed by atoms with Crippen molar-refractivity contribution in [3.05, 3.63) is 51.6 Å². The molecule has 2 amide bonds. The monoisotopic (exact) mass is 487 g/mol. The minimum atomic E-state index is -3.40. The van der Waals surface area contributed by atoms with E-state index in [1.807, 2.05) is 17.9 Å². The van der Waals surface area contributed by atoms with Gasteiger partial charge in [0.2, 0.25) is 10.0 Å². The van der Waals surface area contributed by atoms with Gasteiger partial charge in [0, 0.05) is 66.7 Å². The molecule has 1 saturated heterocycles. The number of H-pyrrole nitrogens is 1. The number of fused-ring (bicyclic) bond motifs is 2. The lowest BCUT2D eigenvalue weighted by Crippen LogP contribution is -2.42. The summed E-state index contributed by atoms with van der Waals surface area (Å²) >= 11 is 0. The van der Waals surface area contributed by atoms with Gasteiger partial charge < -0.3 is 20.1 Å². The number of aromatic nitrogens is 1. The highest BCUT2D eigenvalue weighted by Crippen LogP contribution is 2.36. The molecule has 3 N–H and O–H groups in total. The highest BCUT2D eigenvalue weighted by molar-refractivity contribution is 7.88.